The maximum atomic E-state index is 12.2. The van der Waals surface area contributed by atoms with Gasteiger partial charge < -0.3 is 5.73 Å². The van der Waals surface area contributed by atoms with E-state index in [-0.39, 0.29) is 0 Å². The van der Waals surface area contributed by atoms with Gasteiger partial charge >= 0.3 is 0 Å². The Bertz CT molecular complexity index is 675. The first-order valence-electron chi connectivity index (χ1n) is 5.34. The maximum Gasteiger partial charge on any atom is 0.263 e. The summed E-state index contributed by atoms with van der Waals surface area (Å²) < 4.78 is 26.9. The van der Waals surface area contributed by atoms with Gasteiger partial charge in [0.05, 0.1) is 5.69 Å². The minimum atomic E-state index is -3.54. The van der Waals surface area contributed by atoms with Gasteiger partial charge in [-0.05, 0) is 38.1 Å². The molecule has 1 aromatic carbocycles. The van der Waals surface area contributed by atoms with E-state index in [2.05, 4.69) is 4.72 Å². The van der Waals surface area contributed by atoms with Crippen LogP contribution in [0.2, 0.25) is 0 Å². The third kappa shape index (κ3) is 2.65. The molecule has 0 atom stereocenters. The van der Waals surface area contributed by atoms with Crippen LogP contribution >= 0.6 is 11.3 Å². The van der Waals surface area contributed by atoms with Crippen molar-refractivity contribution < 1.29 is 8.42 Å². The summed E-state index contributed by atoms with van der Waals surface area (Å²) in [6, 6.07) is 8.35. The zero-order valence-corrected chi connectivity index (χ0v) is 11.7. The molecule has 2 rings (SSSR count). The lowest BCUT2D eigenvalue weighted by Crippen LogP contribution is -2.13. The second kappa shape index (κ2) is 4.62. The minimum absolute atomic E-state index is 0.326. The summed E-state index contributed by atoms with van der Waals surface area (Å²) in [6.07, 6.45) is 0. The number of hydrogen-bond acceptors (Lipinski definition) is 4. The topological polar surface area (TPSA) is 72.2 Å². The highest BCUT2D eigenvalue weighted by Gasteiger charge is 2.19. The van der Waals surface area contributed by atoms with Gasteiger partial charge in [0.25, 0.3) is 10.0 Å². The first-order valence-corrected chi connectivity index (χ1v) is 7.64. The molecule has 6 heteroatoms. The molecule has 0 aliphatic heterocycles. The van der Waals surface area contributed by atoms with Crippen molar-refractivity contribution in [3.05, 3.63) is 40.1 Å². The Balaban J connectivity index is 2.36. The van der Waals surface area contributed by atoms with Crippen molar-refractivity contribution in [2.24, 2.45) is 0 Å². The van der Waals surface area contributed by atoms with Crippen LogP contribution in [0, 0.1) is 13.8 Å². The lowest BCUT2D eigenvalue weighted by atomic mass is 10.3. The molecule has 96 valence electrons. The Morgan fingerprint density at radius 1 is 1.22 bits per heavy atom. The van der Waals surface area contributed by atoms with Gasteiger partial charge in [-0.3, -0.25) is 4.72 Å². The van der Waals surface area contributed by atoms with E-state index in [1.165, 1.54) is 11.3 Å². The highest BCUT2D eigenvalue weighted by Crippen LogP contribution is 2.27. The Labute approximate surface area is 111 Å². The second-order valence-corrected chi connectivity index (χ2v) is 7.12. The number of aryl methyl sites for hydroxylation is 2. The van der Waals surface area contributed by atoms with Crippen LogP contribution in [0.3, 0.4) is 0 Å². The van der Waals surface area contributed by atoms with Crippen LogP contribution in [0.1, 0.15) is 9.75 Å². The van der Waals surface area contributed by atoms with E-state index in [9.17, 15) is 8.42 Å². The van der Waals surface area contributed by atoms with E-state index >= 15 is 0 Å². The molecule has 18 heavy (non-hydrogen) atoms. The van der Waals surface area contributed by atoms with Gasteiger partial charge in [-0.2, -0.15) is 0 Å². The van der Waals surface area contributed by atoms with Crippen molar-refractivity contribution in [3.8, 4) is 0 Å². The Morgan fingerprint density at radius 2 is 1.94 bits per heavy atom. The van der Waals surface area contributed by atoms with E-state index in [4.69, 9.17) is 5.73 Å². The molecule has 0 radical (unpaired) electrons. The molecule has 0 fully saturated rings. The number of hydrogen-bond donors (Lipinski definition) is 2. The number of thiophene rings is 1. The van der Waals surface area contributed by atoms with Crippen LogP contribution < -0.4 is 10.5 Å². The number of benzene rings is 1. The van der Waals surface area contributed by atoms with Gasteiger partial charge in [-0.25, -0.2) is 8.42 Å². The second-order valence-electron chi connectivity index (χ2n) is 4.01. The highest BCUT2D eigenvalue weighted by atomic mass is 32.2. The average molecular weight is 282 g/mol. The SMILES string of the molecule is Cc1cc(S(=O)(=O)Nc2cccc(N)c2)c(C)s1. The third-order valence-electron chi connectivity index (χ3n) is 2.42. The standard InChI is InChI=1S/C12H14N2O2S2/c1-8-6-12(9(2)17-8)18(15,16)14-11-5-3-4-10(13)7-11/h3-7,14H,13H2,1-2H3. The monoisotopic (exact) mass is 282 g/mol. The summed E-state index contributed by atoms with van der Waals surface area (Å²) in [5.74, 6) is 0. The first-order chi connectivity index (χ1) is 8.38. The molecule has 4 nitrogen and oxygen atoms in total. The molecule has 1 aromatic heterocycles. The fraction of sp³-hybridized carbons (Fsp3) is 0.167. The normalized spacial score (nSPS) is 11.4. The summed E-state index contributed by atoms with van der Waals surface area (Å²) in [5.41, 5.74) is 6.61. The maximum absolute atomic E-state index is 12.2. The Hall–Kier alpha value is -1.53. The van der Waals surface area contributed by atoms with Gasteiger partial charge in [-0.1, -0.05) is 6.07 Å². The summed E-state index contributed by atoms with van der Waals surface area (Å²) in [6.45, 7) is 3.68. The van der Waals surface area contributed by atoms with E-state index < -0.39 is 10.0 Å². The van der Waals surface area contributed by atoms with Gasteiger partial charge in [0.1, 0.15) is 4.90 Å². The van der Waals surface area contributed by atoms with E-state index in [0.717, 1.165) is 9.75 Å². The van der Waals surface area contributed by atoms with Gasteiger partial charge in [0.2, 0.25) is 0 Å². The molecular formula is C12H14N2O2S2. The zero-order valence-electron chi connectivity index (χ0n) is 10.1. The highest BCUT2D eigenvalue weighted by molar-refractivity contribution is 7.93. The van der Waals surface area contributed by atoms with Crippen molar-refractivity contribution in [3.63, 3.8) is 0 Å². The van der Waals surface area contributed by atoms with Crippen LogP contribution in [-0.4, -0.2) is 8.42 Å². The van der Waals surface area contributed by atoms with Gasteiger partial charge in [-0.15, -0.1) is 11.3 Å². The summed E-state index contributed by atoms with van der Waals surface area (Å²) in [7, 11) is -3.54. The zero-order chi connectivity index (χ0) is 13.3. The van der Waals surface area contributed by atoms with Crippen LogP contribution in [0.4, 0.5) is 11.4 Å². The molecule has 0 saturated carbocycles. The average Bonchev–Trinajstić information content (AvgIpc) is 2.58. The van der Waals surface area contributed by atoms with Gasteiger partial charge in [0, 0.05) is 15.4 Å². The number of nitrogens with two attached hydrogens (primary N) is 1. The summed E-state index contributed by atoms with van der Waals surface area (Å²) in [5, 5.41) is 0. The lowest BCUT2D eigenvalue weighted by Gasteiger charge is -2.07. The summed E-state index contributed by atoms with van der Waals surface area (Å²) in [4.78, 5) is 2.08. The van der Waals surface area contributed by atoms with Crippen LogP contribution in [0.5, 0.6) is 0 Å². The first kappa shape index (κ1) is 12.9. The molecule has 0 aliphatic rings. The lowest BCUT2D eigenvalue weighted by molar-refractivity contribution is 0.601. The van der Waals surface area contributed by atoms with Gasteiger partial charge in [0.15, 0.2) is 0 Å². The molecule has 3 N–H and O–H groups in total. The fourth-order valence-corrected chi connectivity index (χ4v) is 4.29. The van der Waals surface area contributed by atoms with Crippen molar-refractivity contribution in [1.29, 1.82) is 0 Å². The molecule has 2 aromatic rings. The van der Waals surface area contributed by atoms with E-state index in [1.54, 1.807) is 37.3 Å². The molecular weight excluding hydrogens is 268 g/mol. The third-order valence-corrected chi connectivity index (χ3v) is 5.03. The van der Waals surface area contributed by atoms with Crippen LogP contribution in [-0.2, 0) is 10.0 Å². The molecule has 0 aliphatic carbocycles. The molecule has 0 bridgehead atoms. The number of sulfonamides is 1. The van der Waals surface area contributed by atoms with E-state index in [1.807, 2.05) is 6.92 Å². The molecule has 1 heterocycles. The molecule has 0 saturated heterocycles. The fourth-order valence-electron chi connectivity index (χ4n) is 1.69. The predicted molar refractivity (Wildman–Crippen MR) is 75.5 cm³/mol. The smallest absolute Gasteiger partial charge is 0.263 e. The molecule has 0 spiro atoms. The van der Waals surface area contributed by atoms with Crippen molar-refractivity contribution >= 4 is 32.7 Å². The van der Waals surface area contributed by atoms with Crippen molar-refractivity contribution in [1.82, 2.24) is 0 Å². The molecule has 0 unspecified atom stereocenters. The Kier molecular flexibility index (Phi) is 3.32. The summed E-state index contributed by atoms with van der Waals surface area (Å²) >= 11 is 1.47. The number of rotatable bonds is 3. The van der Waals surface area contributed by atoms with Crippen molar-refractivity contribution in [2.75, 3.05) is 10.5 Å². The Morgan fingerprint density at radius 3 is 2.50 bits per heavy atom. The molecule has 0 amide bonds. The minimum Gasteiger partial charge on any atom is -0.399 e. The van der Waals surface area contributed by atoms with Crippen molar-refractivity contribution in [2.45, 2.75) is 18.7 Å². The van der Waals surface area contributed by atoms with E-state index in [0.29, 0.717) is 16.3 Å². The quantitative estimate of drug-likeness (QED) is 0.850. The largest absolute Gasteiger partial charge is 0.399 e. The number of nitrogens with one attached hydrogen (secondary N) is 1. The number of anilines is 2. The van der Waals surface area contributed by atoms with Crippen LogP contribution in [0.15, 0.2) is 35.2 Å². The predicted octanol–water partition coefficient (Wildman–Crippen LogP) is 2.75. The van der Waals surface area contributed by atoms with Crippen LogP contribution in [0.25, 0.3) is 0 Å². The number of nitrogen functional groups attached to an aromatic ring is 1.